The summed E-state index contributed by atoms with van der Waals surface area (Å²) in [5.74, 6) is 2.40. The number of aryl methyl sites for hydroxylation is 1. The highest BCUT2D eigenvalue weighted by Gasteiger charge is 2.43. The van der Waals surface area contributed by atoms with E-state index in [-0.39, 0.29) is 0 Å². The molecule has 3 saturated carbocycles. The Hall–Kier alpha value is -3.09. The maximum absolute atomic E-state index is 6.52. The molecule has 0 bridgehead atoms. The van der Waals surface area contributed by atoms with Crippen molar-refractivity contribution < 1.29 is 9.26 Å². The smallest absolute Gasteiger partial charge is 0.147 e. The van der Waals surface area contributed by atoms with Gasteiger partial charge in [0.15, 0.2) is 0 Å². The van der Waals surface area contributed by atoms with Gasteiger partial charge in [0.1, 0.15) is 17.2 Å². The number of ether oxygens (including phenoxy) is 1. The van der Waals surface area contributed by atoms with Gasteiger partial charge in [-0.05, 0) is 94.4 Å². The lowest BCUT2D eigenvalue weighted by molar-refractivity contribution is 0.122. The third-order valence-electron chi connectivity index (χ3n) is 9.76. The quantitative estimate of drug-likeness (QED) is 0.220. The highest BCUT2D eigenvalue weighted by molar-refractivity contribution is 6.39. The van der Waals surface area contributed by atoms with Crippen LogP contribution in [0.1, 0.15) is 80.7 Å². The van der Waals surface area contributed by atoms with Crippen LogP contribution < -0.4 is 9.64 Å². The number of hydrogen-bond donors (Lipinski definition) is 0. The van der Waals surface area contributed by atoms with Crippen molar-refractivity contribution in [1.82, 2.24) is 15.1 Å². The summed E-state index contributed by atoms with van der Waals surface area (Å²) in [6.45, 7) is 4.17. The lowest BCUT2D eigenvalue weighted by atomic mass is 9.60. The van der Waals surface area contributed by atoms with E-state index in [9.17, 15) is 0 Å². The van der Waals surface area contributed by atoms with Crippen LogP contribution in [-0.2, 0) is 0 Å². The molecule has 3 aromatic heterocycles. The number of nitrogens with zero attached hydrogens (tertiary/aromatic N) is 4. The van der Waals surface area contributed by atoms with E-state index in [0.717, 1.165) is 91.0 Å². The van der Waals surface area contributed by atoms with E-state index >= 15 is 0 Å². The van der Waals surface area contributed by atoms with Crippen LogP contribution in [-0.4, -0.2) is 34.3 Å². The van der Waals surface area contributed by atoms with Gasteiger partial charge in [-0.1, -0.05) is 33.9 Å². The minimum Gasteiger partial charge on any atom is -0.490 e. The van der Waals surface area contributed by atoms with Crippen molar-refractivity contribution in [3.8, 4) is 17.0 Å². The fraction of sp³-hybridized carbons (Fsp3) is 0.441. The molecule has 0 unspecified atom stereocenters. The van der Waals surface area contributed by atoms with Crippen LogP contribution in [0.15, 0.2) is 46.8 Å². The molecule has 42 heavy (non-hydrogen) atoms. The van der Waals surface area contributed by atoms with Gasteiger partial charge in [-0.25, -0.2) is 0 Å². The number of allylic oxidation sites excluding steroid dienone is 1. The molecule has 0 atom stereocenters. The summed E-state index contributed by atoms with van der Waals surface area (Å²) in [6, 6.07) is 8.79. The first-order valence-electron chi connectivity index (χ1n) is 15.3. The van der Waals surface area contributed by atoms with Crippen LogP contribution in [0.3, 0.4) is 0 Å². The molecule has 1 saturated heterocycles. The maximum atomic E-state index is 6.52. The SMILES string of the molecule is Cc1cc(OC2CCC2)c2cc(N3CCC4(CC3)CC(=Cc3c(-c5c(Cl)cncc5Cl)noc3C3CC3)C4)ccc2n1. The van der Waals surface area contributed by atoms with Gasteiger partial charge in [0.2, 0.25) is 0 Å². The lowest BCUT2D eigenvalue weighted by Crippen LogP contribution is -2.44. The molecule has 4 aromatic rings. The minimum atomic E-state index is 0.349. The molecule has 216 valence electrons. The lowest BCUT2D eigenvalue weighted by Gasteiger charge is -2.50. The molecule has 6 nitrogen and oxygen atoms in total. The number of hydrogen-bond acceptors (Lipinski definition) is 6. The summed E-state index contributed by atoms with van der Waals surface area (Å²) in [4.78, 5) is 11.4. The van der Waals surface area contributed by atoms with Crippen LogP contribution in [0.2, 0.25) is 10.0 Å². The zero-order valence-corrected chi connectivity index (χ0v) is 25.3. The number of piperidine rings is 1. The molecule has 0 N–H and O–H groups in total. The topological polar surface area (TPSA) is 64.3 Å². The highest BCUT2D eigenvalue weighted by Crippen LogP contribution is 2.55. The van der Waals surface area contributed by atoms with Crippen LogP contribution >= 0.6 is 23.2 Å². The predicted molar refractivity (Wildman–Crippen MR) is 168 cm³/mol. The van der Waals surface area contributed by atoms with Crippen LogP contribution in [0.25, 0.3) is 28.2 Å². The van der Waals surface area contributed by atoms with Gasteiger partial charge in [-0.15, -0.1) is 0 Å². The molecule has 1 spiro atoms. The zero-order valence-electron chi connectivity index (χ0n) is 23.8. The fourth-order valence-corrected chi connectivity index (χ4v) is 7.53. The number of halogens is 2. The van der Waals surface area contributed by atoms with E-state index in [1.54, 1.807) is 12.4 Å². The van der Waals surface area contributed by atoms with Gasteiger partial charge in [-0.3, -0.25) is 9.97 Å². The molecule has 4 fully saturated rings. The highest BCUT2D eigenvalue weighted by atomic mass is 35.5. The number of rotatable bonds is 6. The number of aromatic nitrogens is 3. The first kappa shape index (κ1) is 26.5. The zero-order chi connectivity index (χ0) is 28.4. The summed E-state index contributed by atoms with van der Waals surface area (Å²) in [6.07, 6.45) is 16.4. The van der Waals surface area contributed by atoms with Gasteiger partial charge in [0, 0.05) is 65.4 Å². The summed E-state index contributed by atoms with van der Waals surface area (Å²) in [5, 5.41) is 6.57. The van der Waals surface area contributed by atoms with E-state index < -0.39 is 0 Å². The number of pyridine rings is 2. The van der Waals surface area contributed by atoms with E-state index in [1.807, 2.05) is 6.92 Å². The first-order chi connectivity index (χ1) is 20.4. The largest absolute Gasteiger partial charge is 0.490 e. The molecular formula is C34H34Cl2N4O2. The molecule has 1 aromatic carbocycles. The second kappa shape index (κ2) is 10.3. The van der Waals surface area contributed by atoms with Crippen molar-refractivity contribution in [3.63, 3.8) is 0 Å². The van der Waals surface area contributed by atoms with Crippen molar-refractivity contribution in [2.24, 2.45) is 5.41 Å². The average molecular weight is 602 g/mol. The summed E-state index contributed by atoms with van der Waals surface area (Å²) >= 11 is 13.0. The minimum absolute atomic E-state index is 0.349. The second-order valence-corrected chi connectivity index (χ2v) is 13.7. The molecule has 1 aliphatic heterocycles. The van der Waals surface area contributed by atoms with Gasteiger partial charge >= 0.3 is 0 Å². The Bertz CT molecular complexity index is 1680. The van der Waals surface area contributed by atoms with Gasteiger partial charge in [0.05, 0.1) is 21.7 Å². The third-order valence-corrected chi connectivity index (χ3v) is 10.3. The van der Waals surface area contributed by atoms with Gasteiger partial charge in [0.25, 0.3) is 0 Å². The van der Waals surface area contributed by atoms with Gasteiger partial charge < -0.3 is 14.2 Å². The van der Waals surface area contributed by atoms with E-state index in [1.165, 1.54) is 30.5 Å². The van der Waals surface area contributed by atoms with Crippen molar-refractivity contribution in [1.29, 1.82) is 0 Å². The van der Waals surface area contributed by atoms with E-state index in [2.05, 4.69) is 45.4 Å². The van der Waals surface area contributed by atoms with Gasteiger partial charge in [-0.2, -0.15) is 0 Å². The van der Waals surface area contributed by atoms with Crippen molar-refractivity contribution in [3.05, 3.63) is 69.3 Å². The number of fused-ring (bicyclic) bond motifs is 1. The van der Waals surface area contributed by atoms with Crippen LogP contribution in [0, 0.1) is 12.3 Å². The Kier molecular flexibility index (Phi) is 6.49. The van der Waals surface area contributed by atoms with Crippen molar-refractivity contribution >= 4 is 45.9 Å². The third kappa shape index (κ3) is 4.77. The number of benzene rings is 1. The summed E-state index contributed by atoms with van der Waals surface area (Å²) in [7, 11) is 0. The molecule has 8 heteroatoms. The fourth-order valence-electron chi connectivity index (χ4n) is 6.99. The Balaban J connectivity index is 0.992. The molecule has 8 rings (SSSR count). The molecule has 4 aliphatic rings. The normalized spacial score (nSPS) is 20.1. The number of anilines is 1. The standard InChI is InChI=1S/C34H34Cl2N4O2/c1-20-13-30(41-24-3-2-4-24)25-15-23(7-8-29(25)38-20)40-11-9-34(10-12-40)16-21(17-34)14-26-32(39-42-33(26)22-5-6-22)31-27(35)18-37-19-28(31)36/h7-8,13-15,18-19,22,24H,2-6,9-12,16-17H2,1H3. The monoisotopic (exact) mass is 600 g/mol. The Morgan fingerprint density at radius 1 is 1.02 bits per heavy atom. The molecule has 0 amide bonds. The first-order valence-corrected chi connectivity index (χ1v) is 16.0. The Morgan fingerprint density at radius 2 is 1.79 bits per heavy atom. The molecule has 3 aliphatic carbocycles. The molecule has 0 radical (unpaired) electrons. The maximum Gasteiger partial charge on any atom is 0.147 e. The van der Waals surface area contributed by atoms with Crippen LogP contribution in [0.4, 0.5) is 5.69 Å². The Labute approximate surface area is 256 Å². The second-order valence-electron chi connectivity index (χ2n) is 12.8. The van der Waals surface area contributed by atoms with E-state index in [4.69, 9.17) is 37.4 Å². The van der Waals surface area contributed by atoms with Crippen molar-refractivity contribution in [2.75, 3.05) is 18.0 Å². The molecular weight excluding hydrogens is 567 g/mol. The summed E-state index contributed by atoms with van der Waals surface area (Å²) < 4.78 is 12.3. The van der Waals surface area contributed by atoms with Crippen molar-refractivity contribution in [2.45, 2.75) is 76.7 Å². The van der Waals surface area contributed by atoms with E-state index in [0.29, 0.717) is 33.0 Å². The summed E-state index contributed by atoms with van der Waals surface area (Å²) in [5.41, 5.74) is 7.62. The Morgan fingerprint density at radius 3 is 2.48 bits per heavy atom. The molecule has 4 heterocycles. The average Bonchev–Trinajstić information content (AvgIpc) is 3.71. The van der Waals surface area contributed by atoms with Crippen LogP contribution in [0.5, 0.6) is 5.75 Å². The predicted octanol–water partition coefficient (Wildman–Crippen LogP) is 9.17.